The molecule has 6 heteroatoms. The number of amides is 2. The second-order valence-electron chi connectivity index (χ2n) is 7.62. The van der Waals surface area contributed by atoms with Crippen molar-refractivity contribution in [3.05, 3.63) is 59.7 Å². The fourth-order valence-corrected chi connectivity index (χ4v) is 3.13. The predicted octanol–water partition coefficient (Wildman–Crippen LogP) is 3.74. The topological polar surface area (TPSA) is 72.9 Å². The molecule has 0 saturated heterocycles. The summed E-state index contributed by atoms with van der Waals surface area (Å²) in [5.74, 6) is -0.511. The number of imide groups is 1. The Hall–Kier alpha value is -3.15. The van der Waals surface area contributed by atoms with E-state index in [9.17, 15) is 14.4 Å². The molecule has 2 amide bonds. The van der Waals surface area contributed by atoms with Crippen molar-refractivity contribution in [1.82, 2.24) is 4.90 Å². The first-order valence-corrected chi connectivity index (χ1v) is 9.69. The average molecular weight is 395 g/mol. The van der Waals surface area contributed by atoms with E-state index in [4.69, 9.17) is 9.47 Å². The maximum Gasteiger partial charge on any atom is 0.271 e. The van der Waals surface area contributed by atoms with Crippen molar-refractivity contribution in [3.8, 4) is 11.5 Å². The van der Waals surface area contributed by atoms with Crippen LogP contribution in [0.4, 0.5) is 0 Å². The monoisotopic (exact) mass is 395 g/mol. The molecule has 1 heterocycles. The summed E-state index contributed by atoms with van der Waals surface area (Å²) < 4.78 is 11.4. The summed E-state index contributed by atoms with van der Waals surface area (Å²) in [5, 5.41) is 0. The zero-order valence-electron chi connectivity index (χ0n) is 17.0. The summed E-state index contributed by atoms with van der Waals surface area (Å²) in [6.45, 7) is 7.17. The standard InChI is InChI=1S/C23H25NO5/c1-14(2)21-23(27)24(22(26)18-7-5-6-8-20(18)29-21)13-19(25)16-9-11-17(12-10-16)28-15(3)4/h5-12,14-15,21H,13H2,1-4H3/t21-/m1/s1. The molecule has 0 unspecified atom stereocenters. The first kappa shape index (κ1) is 20.6. The first-order valence-electron chi connectivity index (χ1n) is 9.69. The number of ketones is 1. The van der Waals surface area contributed by atoms with E-state index in [0.717, 1.165) is 4.90 Å². The van der Waals surface area contributed by atoms with Gasteiger partial charge in [0.25, 0.3) is 11.8 Å². The van der Waals surface area contributed by atoms with Crippen molar-refractivity contribution >= 4 is 17.6 Å². The Balaban J connectivity index is 1.86. The average Bonchev–Trinajstić information content (AvgIpc) is 2.78. The second kappa shape index (κ2) is 8.47. The van der Waals surface area contributed by atoms with E-state index in [-0.39, 0.29) is 29.9 Å². The van der Waals surface area contributed by atoms with Gasteiger partial charge in [-0.15, -0.1) is 0 Å². The van der Waals surface area contributed by atoms with Crippen LogP contribution in [0.15, 0.2) is 48.5 Å². The maximum absolute atomic E-state index is 13.0. The van der Waals surface area contributed by atoms with Gasteiger partial charge < -0.3 is 9.47 Å². The number of carbonyl (C=O) groups is 3. The molecule has 2 aromatic carbocycles. The fraction of sp³-hybridized carbons (Fsp3) is 0.348. The van der Waals surface area contributed by atoms with Crippen molar-refractivity contribution in [2.24, 2.45) is 5.92 Å². The summed E-state index contributed by atoms with van der Waals surface area (Å²) in [6, 6.07) is 13.4. The first-order chi connectivity index (χ1) is 13.8. The smallest absolute Gasteiger partial charge is 0.271 e. The lowest BCUT2D eigenvalue weighted by atomic mass is 10.1. The minimum absolute atomic E-state index is 0.0249. The van der Waals surface area contributed by atoms with E-state index in [0.29, 0.717) is 17.1 Å². The Labute approximate surface area is 170 Å². The third-order valence-electron chi connectivity index (χ3n) is 4.58. The van der Waals surface area contributed by atoms with Crippen LogP contribution in [0.25, 0.3) is 0 Å². The minimum Gasteiger partial charge on any atom is -0.491 e. The summed E-state index contributed by atoms with van der Waals surface area (Å²) in [6.07, 6.45) is -0.811. The van der Waals surface area contributed by atoms with Gasteiger partial charge >= 0.3 is 0 Å². The number of carbonyl (C=O) groups excluding carboxylic acids is 3. The molecular formula is C23H25NO5. The number of rotatable bonds is 6. The summed E-state index contributed by atoms with van der Waals surface area (Å²) in [7, 11) is 0. The normalized spacial score (nSPS) is 16.5. The van der Waals surface area contributed by atoms with Crippen molar-refractivity contribution in [1.29, 1.82) is 0 Å². The van der Waals surface area contributed by atoms with Crippen LogP contribution in [0.1, 0.15) is 48.4 Å². The molecule has 29 heavy (non-hydrogen) atoms. The van der Waals surface area contributed by atoms with Crippen molar-refractivity contribution in [2.75, 3.05) is 6.54 Å². The Morgan fingerprint density at radius 3 is 2.31 bits per heavy atom. The van der Waals surface area contributed by atoms with Gasteiger partial charge in [-0.25, -0.2) is 0 Å². The molecule has 1 aliphatic rings. The summed E-state index contributed by atoms with van der Waals surface area (Å²) in [5.41, 5.74) is 0.679. The second-order valence-corrected chi connectivity index (χ2v) is 7.62. The Kier molecular flexibility index (Phi) is 6.01. The zero-order chi connectivity index (χ0) is 21.1. The number of hydrogen-bond acceptors (Lipinski definition) is 5. The molecule has 0 bridgehead atoms. The van der Waals surface area contributed by atoms with Crippen LogP contribution in [-0.2, 0) is 4.79 Å². The highest BCUT2D eigenvalue weighted by Gasteiger charge is 2.38. The number of hydrogen-bond donors (Lipinski definition) is 0. The molecule has 3 rings (SSSR count). The lowest BCUT2D eigenvalue weighted by Crippen LogP contribution is -2.47. The third-order valence-corrected chi connectivity index (χ3v) is 4.58. The third kappa shape index (κ3) is 4.47. The molecule has 152 valence electrons. The van der Waals surface area contributed by atoms with Gasteiger partial charge in [-0.05, 0) is 56.2 Å². The molecule has 0 saturated carbocycles. The lowest BCUT2D eigenvalue weighted by Gasteiger charge is -2.24. The molecule has 0 fully saturated rings. The van der Waals surface area contributed by atoms with Gasteiger partial charge in [-0.2, -0.15) is 0 Å². The predicted molar refractivity (Wildman–Crippen MR) is 108 cm³/mol. The Morgan fingerprint density at radius 1 is 1.03 bits per heavy atom. The molecular weight excluding hydrogens is 370 g/mol. The molecule has 0 spiro atoms. The fourth-order valence-electron chi connectivity index (χ4n) is 3.13. The quantitative estimate of drug-likeness (QED) is 0.550. The van der Waals surface area contributed by atoms with Crippen molar-refractivity contribution in [3.63, 3.8) is 0 Å². The van der Waals surface area contributed by atoms with E-state index in [1.165, 1.54) is 0 Å². The van der Waals surface area contributed by atoms with E-state index < -0.39 is 17.9 Å². The van der Waals surface area contributed by atoms with Gasteiger partial charge in [0, 0.05) is 5.56 Å². The zero-order valence-corrected chi connectivity index (χ0v) is 17.0. The highest BCUT2D eigenvalue weighted by molar-refractivity contribution is 6.12. The highest BCUT2D eigenvalue weighted by atomic mass is 16.5. The molecule has 1 aliphatic heterocycles. The van der Waals surface area contributed by atoms with Gasteiger partial charge in [0.05, 0.1) is 18.2 Å². The van der Waals surface area contributed by atoms with E-state index >= 15 is 0 Å². The number of para-hydroxylation sites is 1. The Morgan fingerprint density at radius 2 is 1.69 bits per heavy atom. The van der Waals surface area contributed by atoms with Gasteiger partial charge in [-0.3, -0.25) is 19.3 Å². The number of nitrogens with zero attached hydrogens (tertiary/aromatic N) is 1. The van der Waals surface area contributed by atoms with E-state index in [1.807, 2.05) is 27.7 Å². The SMILES string of the molecule is CC(C)Oc1ccc(C(=O)CN2C(=O)c3ccccc3O[C@H](C(C)C)C2=O)cc1. The number of benzene rings is 2. The van der Waals surface area contributed by atoms with Gasteiger partial charge in [0.15, 0.2) is 11.9 Å². The van der Waals surface area contributed by atoms with Crippen molar-refractivity contribution < 1.29 is 23.9 Å². The lowest BCUT2D eigenvalue weighted by molar-refractivity contribution is -0.136. The molecule has 2 aromatic rings. The van der Waals surface area contributed by atoms with Gasteiger partial charge in [0.1, 0.15) is 11.5 Å². The number of Topliss-reactive ketones (excluding diaryl/α,β-unsaturated/α-hetero) is 1. The number of ether oxygens (including phenoxy) is 2. The molecule has 0 aromatic heterocycles. The largest absolute Gasteiger partial charge is 0.491 e. The van der Waals surface area contributed by atoms with Gasteiger partial charge in [0.2, 0.25) is 0 Å². The number of fused-ring (bicyclic) bond motifs is 1. The maximum atomic E-state index is 13.0. The summed E-state index contributed by atoms with van der Waals surface area (Å²) in [4.78, 5) is 39.8. The Bertz CT molecular complexity index is 917. The van der Waals surface area contributed by atoms with Crippen molar-refractivity contribution in [2.45, 2.75) is 39.9 Å². The van der Waals surface area contributed by atoms with Crippen LogP contribution in [0.3, 0.4) is 0 Å². The van der Waals surface area contributed by atoms with Crippen LogP contribution in [0, 0.1) is 5.92 Å². The van der Waals surface area contributed by atoms with Gasteiger partial charge in [-0.1, -0.05) is 26.0 Å². The minimum atomic E-state index is -0.836. The van der Waals surface area contributed by atoms with Crippen LogP contribution in [0.2, 0.25) is 0 Å². The van der Waals surface area contributed by atoms with Crippen LogP contribution in [0.5, 0.6) is 11.5 Å². The molecule has 0 aliphatic carbocycles. The van der Waals surface area contributed by atoms with E-state index in [1.54, 1.807) is 48.5 Å². The highest BCUT2D eigenvalue weighted by Crippen LogP contribution is 2.28. The van der Waals surface area contributed by atoms with Crippen LogP contribution in [-0.4, -0.2) is 41.3 Å². The van der Waals surface area contributed by atoms with E-state index in [2.05, 4.69) is 0 Å². The molecule has 1 atom stereocenters. The van der Waals surface area contributed by atoms with Crippen LogP contribution < -0.4 is 9.47 Å². The molecule has 6 nitrogen and oxygen atoms in total. The molecule has 0 N–H and O–H groups in total. The molecule has 0 radical (unpaired) electrons. The van der Waals surface area contributed by atoms with Crippen LogP contribution >= 0.6 is 0 Å². The summed E-state index contributed by atoms with van der Waals surface area (Å²) >= 11 is 0.